The van der Waals surface area contributed by atoms with E-state index in [2.05, 4.69) is 22.4 Å². The van der Waals surface area contributed by atoms with E-state index < -0.39 is 0 Å². The third-order valence-electron chi connectivity index (χ3n) is 5.20. The Kier molecular flexibility index (Phi) is 9.51. The van der Waals surface area contributed by atoms with Gasteiger partial charge in [-0.3, -0.25) is 4.99 Å². The number of aliphatic imine (C=N–C) groups is 1. The van der Waals surface area contributed by atoms with Crippen molar-refractivity contribution in [3.63, 3.8) is 0 Å². The lowest BCUT2D eigenvalue weighted by Crippen LogP contribution is -2.38. The number of guanidine groups is 1. The lowest BCUT2D eigenvalue weighted by atomic mass is 9.74. The number of ether oxygens (including phenoxy) is 3. The number of benzene rings is 2. The normalized spacial score (nSPS) is 15.8. The van der Waals surface area contributed by atoms with E-state index in [1.54, 1.807) is 19.2 Å². The third kappa shape index (κ3) is 6.15. The minimum absolute atomic E-state index is 0. The molecule has 1 aliphatic rings. The lowest BCUT2D eigenvalue weighted by molar-refractivity contribution is 0.0531. The van der Waals surface area contributed by atoms with Crippen molar-refractivity contribution in [1.82, 2.24) is 0 Å². The molecular weight excluding hydrogens is 517 g/mol. The average Bonchev–Trinajstić information content (AvgIpc) is 2.74. The van der Waals surface area contributed by atoms with Crippen LogP contribution in [0.4, 0.5) is 5.69 Å². The molecule has 0 aliphatic carbocycles. The van der Waals surface area contributed by atoms with Gasteiger partial charge in [-0.1, -0.05) is 23.7 Å². The standard InChI is InChI=1S/C22H28ClN3O3.HI/c1-3-29-18-7-4-16(5-8-18)22(10-12-28-13-11-22)15-25-21(24)26-17-6-9-20(27-2)19(23)14-17;/h4-9,14H,3,10-13,15H2,1-2H3,(H3,24,25,26);1H. The maximum Gasteiger partial charge on any atom is 0.193 e. The number of halogens is 2. The Balaban J connectivity index is 0.00000320. The molecule has 1 heterocycles. The van der Waals surface area contributed by atoms with Crippen molar-refractivity contribution in [1.29, 1.82) is 0 Å². The summed E-state index contributed by atoms with van der Waals surface area (Å²) in [6.07, 6.45) is 1.79. The van der Waals surface area contributed by atoms with Crippen molar-refractivity contribution in [3.8, 4) is 11.5 Å². The van der Waals surface area contributed by atoms with Crippen LogP contribution >= 0.6 is 35.6 Å². The first kappa shape index (κ1) is 24.6. The number of methoxy groups -OCH3 is 1. The number of nitrogens with zero attached hydrogens (tertiary/aromatic N) is 1. The second kappa shape index (κ2) is 11.6. The molecule has 0 amide bonds. The number of anilines is 1. The van der Waals surface area contributed by atoms with Crippen LogP contribution in [0.25, 0.3) is 0 Å². The molecule has 3 rings (SSSR count). The zero-order valence-electron chi connectivity index (χ0n) is 17.3. The summed E-state index contributed by atoms with van der Waals surface area (Å²) >= 11 is 6.18. The first-order chi connectivity index (χ1) is 14.1. The van der Waals surface area contributed by atoms with Crippen LogP contribution in [0.5, 0.6) is 11.5 Å². The predicted molar refractivity (Wildman–Crippen MR) is 133 cm³/mol. The van der Waals surface area contributed by atoms with E-state index in [4.69, 9.17) is 31.5 Å². The highest BCUT2D eigenvalue weighted by molar-refractivity contribution is 14.0. The summed E-state index contributed by atoms with van der Waals surface area (Å²) < 4.78 is 16.3. The number of nitrogens with two attached hydrogens (primary N) is 1. The largest absolute Gasteiger partial charge is 0.495 e. The number of hydrogen-bond donors (Lipinski definition) is 2. The summed E-state index contributed by atoms with van der Waals surface area (Å²) in [4.78, 5) is 4.64. The Morgan fingerprint density at radius 2 is 1.90 bits per heavy atom. The minimum Gasteiger partial charge on any atom is -0.495 e. The van der Waals surface area contributed by atoms with Crippen molar-refractivity contribution < 1.29 is 14.2 Å². The molecule has 0 bridgehead atoms. The van der Waals surface area contributed by atoms with E-state index >= 15 is 0 Å². The van der Waals surface area contributed by atoms with Gasteiger partial charge in [0.1, 0.15) is 11.5 Å². The summed E-state index contributed by atoms with van der Waals surface area (Å²) in [5.74, 6) is 1.84. The molecule has 2 aromatic carbocycles. The number of rotatable bonds is 7. The highest BCUT2D eigenvalue weighted by Gasteiger charge is 2.34. The van der Waals surface area contributed by atoms with Gasteiger partial charge in [-0.05, 0) is 55.7 Å². The minimum atomic E-state index is -0.104. The Morgan fingerprint density at radius 3 is 2.50 bits per heavy atom. The van der Waals surface area contributed by atoms with Crippen LogP contribution in [-0.4, -0.2) is 39.4 Å². The highest BCUT2D eigenvalue weighted by Crippen LogP contribution is 2.36. The number of hydrogen-bond acceptors (Lipinski definition) is 4. The van der Waals surface area contributed by atoms with Crippen LogP contribution in [0.15, 0.2) is 47.5 Å². The van der Waals surface area contributed by atoms with E-state index in [0.717, 1.165) is 24.3 Å². The van der Waals surface area contributed by atoms with E-state index in [-0.39, 0.29) is 29.4 Å². The van der Waals surface area contributed by atoms with Crippen LogP contribution in [0.2, 0.25) is 5.02 Å². The molecule has 1 saturated heterocycles. The lowest BCUT2D eigenvalue weighted by Gasteiger charge is -2.36. The molecule has 6 nitrogen and oxygen atoms in total. The zero-order chi connectivity index (χ0) is 20.7. The monoisotopic (exact) mass is 545 g/mol. The molecular formula is C22H29ClIN3O3. The number of nitrogens with one attached hydrogen (secondary N) is 1. The summed E-state index contributed by atoms with van der Waals surface area (Å²) in [5.41, 5.74) is 8.05. The molecule has 164 valence electrons. The zero-order valence-corrected chi connectivity index (χ0v) is 20.4. The molecule has 0 saturated carbocycles. The summed E-state index contributed by atoms with van der Waals surface area (Å²) in [6.45, 7) is 4.63. The van der Waals surface area contributed by atoms with Crippen LogP contribution in [0.3, 0.4) is 0 Å². The van der Waals surface area contributed by atoms with Gasteiger partial charge in [0.25, 0.3) is 0 Å². The molecule has 3 N–H and O–H groups in total. The van der Waals surface area contributed by atoms with E-state index in [9.17, 15) is 0 Å². The molecule has 0 aromatic heterocycles. The Hall–Kier alpha value is -1.71. The average molecular weight is 546 g/mol. The second-order valence-electron chi connectivity index (χ2n) is 7.03. The fraction of sp³-hybridized carbons (Fsp3) is 0.409. The van der Waals surface area contributed by atoms with Gasteiger partial charge >= 0.3 is 0 Å². The molecule has 0 spiro atoms. The summed E-state index contributed by atoms with van der Waals surface area (Å²) in [7, 11) is 1.58. The van der Waals surface area contributed by atoms with Crippen LogP contribution in [0, 0.1) is 0 Å². The molecule has 1 aliphatic heterocycles. The van der Waals surface area contributed by atoms with Gasteiger partial charge < -0.3 is 25.3 Å². The molecule has 8 heteroatoms. The smallest absolute Gasteiger partial charge is 0.193 e. The maximum absolute atomic E-state index is 6.18. The highest BCUT2D eigenvalue weighted by atomic mass is 127. The molecule has 30 heavy (non-hydrogen) atoms. The van der Waals surface area contributed by atoms with E-state index in [1.165, 1.54) is 5.56 Å². The van der Waals surface area contributed by atoms with E-state index in [0.29, 0.717) is 43.1 Å². The van der Waals surface area contributed by atoms with Crippen molar-refractivity contribution in [2.24, 2.45) is 10.7 Å². The van der Waals surface area contributed by atoms with Gasteiger partial charge in [0.15, 0.2) is 5.96 Å². The van der Waals surface area contributed by atoms with Gasteiger partial charge in [0.05, 0.1) is 25.3 Å². The fourth-order valence-corrected chi connectivity index (χ4v) is 3.80. The SMILES string of the molecule is CCOc1ccc(C2(CN=C(N)Nc3ccc(OC)c(Cl)c3)CCOCC2)cc1.I. The fourth-order valence-electron chi connectivity index (χ4n) is 3.54. The predicted octanol–water partition coefficient (Wildman–Crippen LogP) is 4.84. The quantitative estimate of drug-likeness (QED) is 0.296. The van der Waals surface area contributed by atoms with Gasteiger partial charge in [-0.25, -0.2) is 0 Å². The topological polar surface area (TPSA) is 78.1 Å². The van der Waals surface area contributed by atoms with Crippen LogP contribution in [-0.2, 0) is 10.2 Å². The van der Waals surface area contributed by atoms with Crippen molar-refractivity contribution in [2.45, 2.75) is 25.2 Å². The first-order valence-corrected chi connectivity index (χ1v) is 10.2. The van der Waals surface area contributed by atoms with Gasteiger partial charge in [0.2, 0.25) is 0 Å². The van der Waals surface area contributed by atoms with Gasteiger partial charge in [-0.2, -0.15) is 0 Å². The van der Waals surface area contributed by atoms with Crippen molar-refractivity contribution in [2.75, 3.05) is 38.8 Å². The first-order valence-electron chi connectivity index (χ1n) is 9.78. The summed E-state index contributed by atoms with van der Waals surface area (Å²) in [6, 6.07) is 13.7. The van der Waals surface area contributed by atoms with Crippen molar-refractivity contribution in [3.05, 3.63) is 53.1 Å². The Labute approximate surface area is 200 Å². The molecule has 0 atom stereocenters. The third-order valence-corrected chi connectivity index (χ3v) is 5.50. The molecule has 0 radical (unpaired) electrons. The van der Waals surface area contributed by atoms with E-state index in [1.807, 2.05) is 25.1 Å². The maximum atomic E-state index is 6.18. The Morgan fingerprint density at radius 1 is 1.20 bits per heavy atom. The molecule has 2 aromatic rings. The van der Waals surface area contributed by atoms with Gasteiger partial charge in [-0.15, -0.1) is 24.0 Å². The summed E-state index contributed by atoms with van der Waals surface area (Å²) in [5, 5.41) is 3.62. The van der Waals surface area contributed by atoms with Crippen LogP contribution < -0.4 is 20.5 Å². The molecule has 1 fully saturated rings. The molecule has 0 unspecified atom stereocenters. The Bertz CT molecular complexity index is 840. The van der Waals surface area contributed by atoms with Crippen molar-refractivity contribution >= 4 is 47.2 Å². The van der Waals surface area contributed by atoms with Gasteiger partial charge in [0, 0.05) is 24.3 Å². The van der Waals surface area contributed by atoms with Crippen LogP contribution in [0.1, 0.15) is 25.3 Å². The second-order valence-corrected chi connectivity index (χ2v) is 7.43.